The van der Waals surface area contributed by atoms with Crippen molar-refractivity contribution in [2.75, 3.05) is 33.3 Å². The van der Waals surface area contributed by atoms with Crippen molar-refractivity contribution >= 4 is 5.91 Å². The molecule has 0 aromatic heterocycles. The number of hydrogen-bond donors (Lipinski definition) is 1. The standard InChI is InChI=1S/C11H22N2O2/c1-9(2)15-7-6-13(3)11(14)10-4-5-12-8-10/h9-10,12H,4-8H2,1-3H3. The summed E-state index contributed by atoms with van der Waals surface area (Å²) in [6.45, 7) is 7.11. The molecule has 1 aliphatic heterocycles. The van der Waals surface area contributed by atoms with Crippen LogP contribution in [0.5, 0.6) is 0 Å². The molecule has 1 atom stereocenters. The third-order valence-electron chi connectivity index (χ3n) is 2.66. The van der Waals surface area contributed by atoms with Gasteiger partial charge in [-0.3, -0.25) is 4.79 Å². The Kier molecular flexibility index (Phi) is 5.05. The third-order valence-corrected chi connectivity index (χ3v) is 2.66. The number of ether oxygens (including phenoxy) is 1. The van der Waals surface area contributed by atoms with Crippen molar-refractivity contribution < 1.29 is 9.53 Å². The molecular formula is C11H22N2O2. The number of hydrogen-bond acceptors (Lipinski definition) is 3. The number of likely N-dealkylation sites (N-methyl/N-ethyl adjacent to an activating group) is 1. The maximum absolute atomic E-state index is 11.9. The monoisotopic (exact) mass is 214 g/mol. The second kappa shape index (κ2) is 6.08. The first-order valence-corrected chi connectivity index (χ1v) is 5.68. The molecule has 88 valence electrons. The van der Waals surface area contributed by atoms with Gasteiger partial charge >= 0.3 is 0 Å². The van der Waals surface area contributed by atoms with Gasteiger partial charge in [0, 0.05) is 20.1 Å². The van der Waals surface area contributed by atoms with Crippen LogP contribution in [0, 0.1) is 5.92 Å². The van der Waals surface area contributed by atoms with E-state index in [9.17, 15) is 4.79 Å². The molecule has 1 heterocycles. The van der Waals surface area contributed by atoms with Crippen LogP contribution < -0.4 is 5.32 Å². The molecule has 1 amide bonds. The van der Waals surface area contributed by atoms with Crippen LogP contribution in [0.15, 0.2) is 0 Å². The van der Waals surface area contributed by atoms with Crippen molar-refractivity contribution in [1.29, 1.82) is 0 Å². The smallest absolute Gasteiger partial charge is 0.226 e. The van der Waals surface area contributed by atoms with Crippen LogP contribution in [0.1, 0.15) is 20.3 Å². The van der Waals surface area contributed by atoms with Crippen molar-refractivity contribution in [3.8, 4) is 0 Å². The van der Waals surface area contributed by atoms with Crippen LogP contribution in [0.3, 0.4) is 0 Å². The predicted molar refractivity (Wildman–Crippen MR) is 59.7 cm³/mol. The fraction of sp³-hybridized carbons (Fsp3) is 0.909. The first-order chi connectivity index (χ1) is 7.11. The summed E-state index contributed by atoms with van der Waals surface area (Å²) in [6, 6.07) is 0. The van der Waals surface area contributed by atoms with E-state index in [1.807, 2.05) is 20.9 Å². The van der Waals surface area contributed by atoms with Crippen molar-refractivity contribution in [3.05, 3.63) is 0 Å². The van der Waals surface area contributed by atoms with Crippen LogP contribution >= 0.6 is 0 Å². The molecule has 0 radical (unpaired) electrons. The normalized spacial score (nSPS) is 20.9. The Morgan fingerprint density at radius 2 is 2.33 bits per heavy atom. The molecule has 0 saturated carbocycles. The molecule has 4 heteroatoms. The fourth-order valence-electron chi connectivity index (χ4n) is 1.71. The van der Waals surface area contributed by atoms with Gasteiger partial charge < -0.3 is 15.0 Å². The van der Waals surface area contributed by atoms with Gasteiger partial charge in [-0.2, -0.15) is 0 Å². The first kappa shape index (κ1) is 12.5. The molecule has 0 spiro atoms. The van der Waals surface area contributed by atoms with Gasteiger partial charge in [0.25, 0.3) is 0 Å². The average Bonchev–Trinajstić information content (AvgIpc) is 2.68. The van der Waals surface area contributed by atoms with Crippen molar-refractivity contribution in [3.63, 3.8) is 0 Å². The first-order valence-electron chi connectivity index (χ1n) is 5.68. The van der Waals surface area contributed by atoms with Gasteiger partial charge in [0.15, 0.2) is 0 Å². The minimum Gasteiger partial charge on any atom is -0.377 e. The lowest BCUT2D eigenvalue weighted by atomic mass is 10.1. The molecule has 0 bridgehead atoms. The molecule has 1 aliphatic rings. The summed E-state index contributed by atoms with van der Waals surface area (Å²) < 4.78 is 5.42. The summed E-state index contributed by atoms with van der Waals surface area (Å²) in [6.07, 6.45) is 1.20. The van der Waals surface area contributed by atoms with Crippen LogP contribution in [0.25, 0.3) is 0 Å². The van der Waals surface area contributed by atoms with Gasteiger partial charge in [-0.15, -0.1) is 0 Å². The highest BCUT2D eigenvalue weighted by Crippen LogP contribution is 2.10. The molecule has 4 nitrogen and oxygen atoms in total. The Morgan fingerprint density at radius 1 is 1.60 bits per heavy atom. The fourth-order valence-corrected chi connectivity index (χ4v) is 1.71. The summed E-state index contributed by atoms with van der Waals surface area (Å²) in [5.41, 5.74) is 0. The molecule has 1 N–H and O–H groups in total. The van der Waals surface area contributed by atoms with Crippen LogP contribution in [-0.4, -0.2) is 50.2 Å². The highest BCUT2D eigenvalue weighted by molar-refractivity contribution is 5.79. The Hall–Kier alpha value is -0.610. The largest absolute Gasteiger partial charge is 0.377 e. The van der Waals surface area contributed by atoms with Gasteiger partial charge in [-0.25, -0.2) is 0 Å². The van der Waals surface area contributed by atoms with E-state index in [4.69, 9.17) is 4.74 Å². The summed E-state index contributed by atoms with van der Waals surface area (Å²) in [4.78, 5) is 13.6. The van der Waals surface area contributed by atoms with Crippen molar-refractivity contribution in [1.82, 2.24) is 10.2 Å². The molecule has 0 aliphatic carbocycles. The van der Waals surface area contributed by atoms with Gasteiger partial charge in [-0.1, -0.05) is 0 Å². The number of rotatable bonds is 5. The number of amides is 1. The summed E-state index contributed by atoms with van der Waals surface area (Å²) in [7, 11) is 1.85. The van der Waals surface area contributed by atoms with E-state index in [2.05, 4.69) is 5.32 Å². The Balaban J connectivity index is 2.20. The quantitative estimate of drug-likeness (QED) is 0.724. The molecule has 1 rings (SSSR count). The second-order valence-corrected chi connectivity index (χ2v) is 4.37. The zero-order valence-corrected chi connectivity index (χ0v) is 9.95. The molecule has 1 saturated heterocycles. The Bertz CT molecular complexity index is 201. The van der Waals surface area contributed by atoms with Gasteiger partial charge in [0.1, 0.15) is 0 Å². The summed E-state index contributed by atoms with van der Waals surface area (Å²) >= 11 is 0. The molecular weight excluding hydrogens is 192 g/mol. The lowest BCUT2D eigenvalue weighted by Gasteiger charge is -2.21. The topological polar surface area (TPSA) is 41.6 Å². The Labute approximate surface area is 92.0 Å². The van der Waals surface area contributed by atoms with Gasteiger partial charge in [0.05, 0.1) is 18.6 Å². The van der Waals surface area contributed by atoms with E-state index in [0.29, 0.717) is 13.2 Å². The second-order valence-electron chi connectivity index (χ2n) is 4.37. The van der Waals surface area contributed by atoms with Gasteiger partial charge in [-0.05, 0) is 26.8 Å². The molecule has 1 fully saturated rings. The van der Waals surface area contributed by atoms with E-state index in [1.165, 1.54) is 0 Å². The van der Waals surface area contributed by atoms with Crippen LogP contribution in [0.4, 0.5) is 0 Å². The number of carbonyl (C=O) groups is 1. The molecule has 0 aromatic rings. The highest BCUT2D eigenvalue weighted by atomic mass is 16.5. The average molecular weight is 214 g/mol. The summed E-state index contributed by atoms with van der Waals surface area (Å²) in [5, 5.41) is 3.20. The summed E-state index contributed by atoms with van der Waals surface area (Å²) in [5.74, 6) is 0.418. The highest BCUT2D eigenvalue weighted by Gasteiger charge is 2.24. The Morgan fingerprint density at radius 3 is 2.87 bits per heavy atom. The zero-order chi connectivity index (χ0) is 11.3. The van der Waals surface area contributed by atoms with E-state index in [-0.39, 0.29) is 17.9 Å². The van der Waals surface area contributed by atoms with Gasteiger partial charge in [0.2, 0.25) is 5.91 Å². The van der Waals surface area contributed by atoms with E-state index in [1.54, 1.807) is 4.90 Å². The van der Waals surface area contributed by atoms with Crippen LogP contribution in [0.2, 0.25) is 0 Å². The zero-order valence-electron chi connectivity index (χ0n) is 9.95. The maximum Gasteiger partial charge on any atom is 0.226 e. The molecule has 0 aromatic carbocycles. The number of carbonyl (C=O) groups excluding carboxylic acids is 1. The van der Waals surface area contributed by atoms with E-state index in [0.717, 1.165) is 19.5 Å². The minimum absolute atomic E-state index is 0.175. The van der Waals surface area contributed by atoms with Crippen LogP contribution in [-0.2, 0) is 9.53 Å². The minimum atomic E-state index is 0.175. The van der Waals surface area contributed by atoms with Crippen molar-refractivity contribution in [2.24, 2.45) is 5.92 Å². The van der Waals surface area contributed by atoms with Crippen molar-refractivity contribution in [2.45, 2.75) is 26.4 Å². The third kappa shape index (κ3) is 4.18. The predicted octanol–water partition coefficient (Wildman–Crippen LogP) is 0.479. The van der Waals surface area contributed by atoms with E-state index >= 15 is 0 Å². The number of nitrogens with one attached hydrogen (secondary N) is 1. The number of nitrogens with zero attached hydrogens (tertiary/aromatic N) is 1. The SMILES string of the molecule is CC(C)OCCN(C)C(=O)C1CCNC1. The lowest BCUT2D eigenvalue weighted by Crippen LogP contribution is -2.36. The maximum atomic E-state index is 11.9. The molecule has 1 unspecified atom stereocenters. The van der Waals surface area contributed by atoms with E-state index < -0.39 is 0 Å². The molecule has 15 heavy (non-hydrogen) atoms. The lowest BCUT2D eigenvalue weighted by molar-refractivity contribution is -0.134.